The molecule has 0 bridgehead atoms. The summed E-state index contributed by atoms with van der Waals surface area (Å²) in [6, 6.07) is 15.4. The number of aromatic nitrogens is 3. The number of aryl methyl sites for hydroxylation is 1. The van der Waals surface area contributed by atoms with Crippen LogP contribution in [-0.2, 0) is 23.1 Å². The summed E-state index contributed by atoms with van der Waals surface area (Å²) in [5.74, 6) is -0.678. The van der Waals surface area contributed by atoms with Crippen LogP contribution in [0.5, 0.6) is 0 Å². The highest BCUT2D eigenvalue weighted by Crippen LogP contribution is 2.39. The molecular formula is C33H31F2N5O3S2. The Morgan fingerprint density at radius 2 is 1.76 bits per heavy atom. The number of fused-ring (bicyclic) bond motifs is 1. The molecule has 232 valence electrons. The molecule has 1 fully saturated rings. The fraction of sp³-hybridized carbons (Fsp3) is 0.303. The number of halogens is 2. The average molecular weight is 648 g/mol. The Balaban J connectivity index is 1.41. The van der Waals surface area contributed by atoms with Gasteiger partial charge in [-0.2, -0.15) is 5.26 Å². The lowest BCUT2D eigenvalue weighted by atomic mass is 9.91. The molecule has 1 aliphatic heterocycles. The number of hydrogen-bond donors (Lipinski definition) is 1. The van der Waals surface area contributed by atoms with Gasteiger partial charge in [0, 0.05) is 48.8 Å². The lowest BCUT2D eigenvalue weighted by Crippen LogP contribution is -2.37. The molecule has 0 saturated carbocycles. The molecular weight excluding hydrogens is 617 g/mol. The Morgan fingerprint density at radius 1 is 1.04 bits per heavy atom. The van der Waals surface area contributed by atoms with Crippen molar-refractivity contribution in [2.24, 2.45) is 0 Å². The number of benzene rings is 2. The van der Waals surface area contributed by atoms with Crippen molar-refractivity contribution in [3.63, 3.8) is 0 Å². The minimum atomic E-state index is -3.25. The lowest BCUT2D eigenvalue weighted by molar-refractivity contribution is 0.286. The largest absolute Gasteiger partial charge is 0.391 e. The molecule has 1 N–H and O–H groups in total. The zero-order chi connectivity index (χ0) is 31.9. The number of nitrogens with zero attached hydrogens (tertiary/aromatic N) is 5. The lowest BCUT2D eigenvalue weighted by Gasteiger charge is -2.30. The van der Waals surface area contributed by atoms with Crippen LogP contribution in [0.25, 0.3) is 38.7 Å². The van der Waals surface area contributed by atoms with E-state index in [2.05, 4.69) is 6.07 Å². The summed E-state index contributed by atoms with van der Waals surface area (Å²) in [5.41, 5.74) is 5.32. The van der Waals surface area contributed by atoms with Crippen molar-refractivity contribution < 1.29 is 22.3 Å². The summed E-state index contributed by atoms with van der Waals surface area (Å²) in [5, 5.41) is 19.9. The monoisotopic (exact) mass is 647 g/mol. The van der Waals surface area contributed by atoms with Crippen LogP contribution in [0.1, 0.15) is 46.9 Å². The third-order valence-corrected chi connectivity index (χ3v) is 10.8. The van der Waals surface area contributed by atoms with Gasteiger partial charge in [-0.3, -0.25) is 4.40 Å². The van der Waals surface area contributed by atoms with Gasteiger partial charge in [0.2, 0.25) is 10.0 Å². The summed E-state index contributed by atoms with van der Waals surface area (Å²) in [6.07, 6.45) is 5.11. The Morgan fingerprint density at radius 3 is 2.42 bits per heavy atom. The predicted molar refractivity (Wildman–Crippen MR) is 170 cm³/mol. The maximum Gasteiger partial charge on any atom is 0.211 e. The highest BCUT2D eigenvalue weighted by Gasteiger charge is 2.27. The second-order valence-corrected chi connectivity index (χ2v) is 14.3. The van der Waals surface area contributed by atoms with Crippen molar-refractivity contribution in [2.45, 2.75) is 45.1 Å². The van der Waals surface area contributed by atoms with Crippen molar-refractivity contribution >= 4 is 27.0 Å². The van der Waals surface area contributed by atoms with Gasteiger partial charge in [-0.25, -0.2) is 31.5 Å². The SMILES string of the molecule is Cc1c(-c2nc(-c3ccc(F)cc3)c(CO)s2)ccc(-c2c(CCC#N)nc3ccc(C4CCN(S(C)(=O)=O)CC4)cn23)c1F. The minimum Gasteiger partial charge on any atom is -0.391 e. The highest BCUT2D eigenvalue weighted by molar-refractivity contribution is 7.88. The normalized spacial score (nSPS) is 14.7. The van der Waals surface area contributed by atoms with Gasteiger partial charge in [0.05, 0.1) is 40.9 Å². The van der Waals surface area contributed by atoms with Crippen LogP contribution in [0.15, 0.2) is 54.7 Å². The first-order valence-electron chi connectivity index (χ1n) is 14.6. The number of rotatable bonds is 8. The molecule has 5 aromatic rings. The minimum absolute atomic E-state index is 0.139. The van der Waals surface area contributed by atoms with Gasteiger partial charge in [-0.15, -0.1) is 11.3 Å². The summed E-state index contributed by atoms with van der Waals surface area (Å²) in [4.78, 5) is 10.1. The number of piperidine rings is 1. The van der Waals surface area contributed by atoms with Gasteiger partial charge in [-0.1, -0.05) is 12.1 Å². The molecule has 4 heterocycles. The van der Waals surface area contributed by atoms with Gasteiger partial charge in [0.25, 0.3) is 0 Å². The molecule has 45 heavy (non-hydrogen) atoms. The van der Waals surface area contributed by atoms with E-state index in [0.29, 0.717) is 87.2 Å². The second kappa shape index (κ2) is 12.4. The van der Waals surface area contributed by atoms with Crippen LogP contribution < -0.4 is 0 Å². The van der Waals surface area contributed by atoms with E-state index in [0.717, 1.165) is 5.56 Å². The Bertz CT molecular complexity index is 2040. The van der Waals surface area contributed by atoms with Crippen LogP contribution in [-0.4, -0.2) is 51.5 Å². The maximum atomic E-state index is 16.4. The molecule has 0 atom stereocenters. The predicted octanol–water partition coefficient (Wildman–Crippen LogP) is 6.47. The van der Waals surface area contributed by atoms with E-state index in [-0.39, 0.29) is 24.8 Å². The Hall–Kier alpha value is -4.02. The molecule has 3 aromatic heterocycles. The first-order chi connectivity index (χ1) is 21.6. The van der Waals surface area contributed by atoms with Crippen LogP contribution >= 0.6 is 11.3 Å². The zero-order valence-corrected chi connectivity index (χ0v) is 26.4. The fourth-order valence-electron chi connectivity index (χ4n) is 6.01. The molecule has 0 amide bonds. The van der Waals surface area contributed by atoms with Crippen LogP contribution in [0, 0.1) is 29.9 Å². The van der Waals surface area contributed by atoms with Crippen molar-refractivity contribution in [3.05, 3.63) is 88.1 Å². The van der Waals surface area contributed by atoms with E-state index in [1.165, 1.54) is 34.0 Å². The summed E-state index contributed by atoms with van der Waals surface area (Å²) in [7, 11) is -3.25. The van der Waals surface area contributed by atoms with Crippen molar-refractivity contribution in [3.8, 4) is 39.2 Å². The molecule has 0 radical (unpaired) electrons. The standard InChI is InChI=1S/C33H31F2N5O3S2/c1-20-25(33-38-31(28(19-41)44-33)22-5-8-24(34)9-6-22)10-11-26(30(20)35)32-27(4-3-15-36)37-29-12-7-23(18-40(29)32)21-13-16-39(17-14-21)45(2,42)43/h5-12,18,21,41H,3-4,13-14,16-17,19H2,1-2H3. The molecule has 0 aliphatic carbocycles. The number of thiazole rings is 1. The van der Waals surface area contributed by atoms with Crippen LogP contribution in [0.3, 0.4) is 0 Å². The first-order valence-corrected chi connectivity index (χ1v) is 17.2. The summed E-state index contributed by atoms with van der Waals surface area (Å²) < 4.78 is 57.3. The van der Waals surface area contributed by atoms with Gasteiger partial charge in [0.1, 0.15) is 22.3 Å². The number of imidazole rings is 1. The van der Waals surface area contributed by atoms with Gasteiger partial charge in [0.15, 0.2) is 0 Å². The number of hydrogen-bond acceptors (Lipinski definition) is 7. The van der Waals surface area contributed by atoms with Crippen molar-refractivity contribution in [1.29, 1.82) is 5.26 Å². The third kappa shape index (κ3) is 6.01. The molecule has 6 rings (SSSR count). The molecule has 8 nitrogen and oxygen atoms in total. The fourth-order valence-corrected chi connectivity index (χ4v) is 7.91. The van der Waals surface area contributed by atoms with Crippen LogP contribution in [0.4, 0.5) is 8.78 Å². The molecule has 12 heteroatoms. The Labute approximate surface area is 264 Å². The Kier molecular flexibility index (Phi) is 8.54. The number of pyridine rings is 1. The summed E-state index contributed by atoms with van der Waals surface area (Å²) >= 11 is 1.26. The van der Waals surface area contributed by atoms with Crippen LogP contribution in [0.2, 0.25) is 0 Å². The van der Waals surface area contributed by atoms with E-state index in [1.807, 2.05) is 22.7 Å². The smallest absolute Gasteiger partial charge is 0.211 e. The van der Waals surface area contributed by atoms with E-state index in [4.69, 9.17) is 9.97 Å². The summed E-state index contributed by atoms with van der Waals surface area (Å²) in [6.45, 7) is 2.31. The molecule has 0 unspecified atom stereocenters. The number of aliphatic hydroxyl groups is 1. The number of sulfonamides is 1. The van der Waals surface area contributed by atoms with E-state index in [9.17, 15) is 23.2 Å². The number of aliphatic hydroxyl groups excluding tert-OH is 1. The van der Waals surface area contributed by atoms with E-state index >= 15 is 4.39 Å². The highest BCUT2D eigenvalue weighted by atomic mass is 32.2. The van der Waals surface area contributed by atoms with Gasteiger partial charge >= 0.3 is 0 Å². The molecule has 2 aromatic carbocycles. The molecule has 1 aliphatic rings. The zero-order valence-electron chi connectivity index (χ0n) is 24.8. The molecule has 0 spiro atoms. The second-order valence-electron chi connectivity index (χ2n) is 11.2. The average Bonchev–Trinajstić information content (AvgIpc) is 3.62. The third-order valence-electron chi connectivity index (χ3n) is 8.41. The van der Waals surface area contributed by atoms with Crippen molar-refractivity contribution in [2.75, 3.05) is 19.3 Å². The topological polar surface area (TPSA) is 112 Å². The molecule has 1 saturated heterocycles. The quantitative estimate of drug-likeness (QED) is 0.207. The number of nitriles is 1. The van der Waals surface area contributed by atoms with E-state index in [1.54, 1.807) is 31.2 Å². The van der Waals surface area contributed by atoms with E-state index < -0.39 is 15.8 Å². The van der Waals surface area contributed by atoms with Crippen molar-refractivity contribution in [1.82, 2.24) is 18.7 Å². The van der Waals surface area contributed by atoms with Gasteiger partial charge < -0.3 is 5.11 Å². The maximum absolute atomic E-state index is 16.4. The first kappa shape index (κ1) is 31.0. The van der Waals surface area contributed by atoms with Gasteiger partial charge in [-0.05, 0) is 73.2 Å².